The number of nitrogens with zero attached hydrogens (tertiary/aromatic N) is 2. The van der Waals surface area contributed by atoms with Gasteiger partial charge in [-0.25, -0.2) is 8.78 Å². The van der Waals surface area contributed by atoms with Crippen LogP contribution in [-0.2, 0) is 6.42 Å². The van der Waals surface area contributed by atoms with Gasteiger partial charge in [-0.3, -0.25) is 4.90 Å². The molecule has 0 aliphatic carbocycles. The highest BCUT2D eigenvalue weighted by Gasteiger charge is 2.39. The van der Waals surface area contributed by atoms with Crippen LogP contribution in [0.25, 0.3) is 10.9 Å². The van der Waals surface area contributed by atoms with E-state index >= 15 is 0 Å². The number of para-hydroxylation sites is 1. The summed E-state index contributed by atoms with van der Waals surface area (Å²) < 4.78 is 33.6. The SMILES string of the molecule is COc1cc(N2CCC3(CCNCC3)CC2)ccc1[C@@H]1c2[nH]c3ccccc3c2C[C@@H](C)N1CC(F)F. The van der Waals surface area contributed by atoms with Crippen molar-refractivity contribution in [2.24, 2.45) is 5.41 Å². The van der Waals surface area contributed by atoms with Gasteiger partial charge in [-0.05, 0) is 75.2 Å². The first-order valence-electron chi connectivity index (χ1n) is 13.7. The Morgan fingerprint density at radius 1 is 1.05 bits per heavy atom. The topological polar surface area (TPSA) is 43.5 Å². The summed E-state index contributed by atoms with van der Waals surface area (Å²) >= 11 is 0. The first kappa shape index (κ1) is 24.7. The molecule has 0 saturated carbocycles. The van der Waals surface area contributed by atoms with Crippen LogP contribution >= 0.6 is 0 Å². The molecular weight excluding hydrogens is 470 g/mol. The summed E-state index contributed by atoms with van der Waals surface area (Å²) in [6.45, 7) is 6.15. The molecule has 0 radical (unpaired) electrons. The molecule has 2 fully saturated rings. The van der Waals surface area contributed by atoms with E-state index in [2.05, 4.69) is 52.5 Å². The fraction of sp³-hybridized carbons (Fsp3) is 0.533. The van der Waals surface area contributed by atoms with E-state index in [1.165, 1.54) is 36.6 Å². The molecule has 0 bridgehead atoms. The molecule has 4 heterocycles. The third-order valence-corrected chi connectivity index (χ3v) is 9.23. The average molecular weight is 509 g/mol. The number of piperidine rings is 2. The Hall–Kier alpha value is -2.64. The lowest BCUT2D eigenvalue weighted by molar-refractivity contribution is 0.0450. The normalized spacial score (nSPS) is 24.1. The van der Waals surface area contributed by atoms with E-state index in [1.807, 2.05) is 17.0 Å². The number of halogens is 2. The number of methoxy groups -OCH3 is 1. The van der Waals surface area contributed by atoms with Gasteiger partial charge in [0.1, 0.15) is 5.75 Å². The smallest absolute Gasteiger partial charge is 0.251 e. The molecule has 2 saturated heterocycles. The summed E-state index contributed by atoms with van der Waals surface area (Å²) in [5.74, 6) is 0.766. The van der Waals surface area contributed by atoms with Gasteiger partial charge in [-0.2, -0.15) is 0 Å². The van der Waals surface area contributed by atoms with Crippen LogP contribution in [0.5, 0.6) is 5.75 Å². The van der Waals surface area contributed by atoms with Crippen LogP contribution in [0.3, 0.4) is 0 Å². The Morgan fingerprint density at radius 2 is 1.81 bits per heavy atom. The molecule has 5 nitrogen and oxygen atoms in total. The summed E-state index contributed by atoms with van der Waals surface area (Å²) in [6, 6.07) is 14.3. The number of H-pyrrole nitrogens is 1. The summed E-state index contributed by atoms with van der Waals surface area (Å²) in [4.78, 5) is 8.01. The lowest BCUT2D eigenvalue weighted by Crippen LogP contribution is -2.45. The summed E-state index contributed by atoms with van der Waals surface area (Å²) in [7, 11) is 1.69. The van der Waals surface area contributed by atoms with Gasteiger partial charge < -0.3 is 19.9 Å². The number of rotatable bonds is 5. The monoisotopic (exact) mass is 508 g/mol. The molecule has 6 rings (SSSR count). The average Bonchev–Trinajstić information content (AvgIpc) is 3.27. The minimum absolute atomic E-state index is 0.0154. The minimum atomic E-state index is -2.41. The van der Waals surface area contributed by atoms with Gasteiger partial charge in [0, 0.05) is 53.0 Å². The van der Waals surface area contributed by atoms with Gasteiger partial charge in [-0.15, -0.1) is 0 Å². The fourth-order valence-electron chi connectivity index (χ4n) is 7.10. The van der Waals surface area contributed by atoms with Crippen LogP contribution in [0.1, 0.15) is 55.5 Å². The molecule has 3 aliphatic heterocycles. The molecule has 3 aliphatic rings. The Labute approximate surface area is 218 Å². The van der Waals surface area contributed by atoms with Crippen LogP contribution < -0.4 is 15.0 Å². The molecule has 1 spiro atoms. The Balaban J connectivity index is 1.35. The second-order valence-corrected chi connectivity index (χ2v) is 11.3. The lowest BCUT2D eigenvalue weighted by atomic mass is 9.71. The van der Waals surface area contributed by atoms with Crippen molar-refractivity contribution in [1.29, 1.82) is 0 Å². The zero-order valence-corrected chi connectivity index (χ0v) is 21.9. The predicted octanol–water partition coefficient (Wildman–Crippen LogP) is 5.75. The third kappa shape index (κ3) is 4.50. The maximum atomic E-state index is 13.8. The zero-order valence-electron chi connectivity index (χ0n) is 21.9. The van der Waals surface area contributed by atoms with Gasteiger partial charge in [-0.1, -0.05) is 24.3 Å². The number of hydrogen-bond acceptors (Lipinski definition) is 4. The zero-order chi connectivity index (χ0) is 25.6. The van der Waals surface area contributed by atoms with Crippen molar-refractivity contribution in [3.63, 3.8) is 0 Å². The fourth-order valence-corrected chi connectivity index (χ4v) is 7.10. The molecule has 7 heteroatoms. The number of aromatic nitrogens is 1. The van der Waals surface area contributed by atoms with Crippen LogP contribution in [-0.4, -0.2) is 62.2 Å². The highest BCUT2D eigenvalue weighted by Crippen LogP contribution is 2.45. The van der Waals surface area contributed by atoms with Crippen LogP contribution in [0.2, 0.25) is 0 Å². The molecule has 2 N–H and O–H groups in total. The largest absolute Gasteiger partial charge is 0.496 e. The van der Waals surface area contributed by atoms with E-state index in [-0.39, 0.29) is 18.6 Å². The standard InChI is InChI=1S/C30H38F2N4O/c1-20-17-24-22-5-3-4-6-25(22)34-28(24)29(36(20)19-27(31)32)23-8-7-21(18-26(23)37-2)35-15-11-30(12-16-35)9-13-33-14-10-30/h3-8,18,20,27,29,33-34H,9-17,19H2,1-2H3/t20-,29-/m1/s1. The lowest BCUT2D eigenvalue weighted by Gasteiger charge is -2.45. The number of fused-ring (bicyclic) bond motifs is 3. The quantitative estimate of drug-likeness (QED) is 0.461. The number of nitrogens with one attached hydrogen (secondary N) is 2. The van der Waals surface area contributed by atoms with Gasteiger partial charge in [0.2, 0.25) is 0 Å². The van der Waals surface area contributed by atoms with Gasteiger partial charge in [0.05, 0.1) is 19.7 Å². The molecule has 0 unspecified atom stereocenters. The minimum Gasteiger partial charge on any atom is -0.496 e. The van der Waals surface area contributed by atoms with Crippen molar-refractivity contribution in [3.8, 4) is 5.75 Å². The highest BCUT2D eigenvalue weighted by atomic mass is 19.3. The maximum absolute atomic E-state index is 13.8. The van der Waals surface area contributed by atoms with Crippen molar-refractivity contribution >= 4 is 16.6 Å². The number of benzene rings is 2. The van der Waals surface area contributed by atoms with E-state index in [4.69, 9.17) is 4.74 Å². The van der Waals surface area contributed by atoms with Crippen molar-refractivity contribution in [3.05, 3.63) is 59.3 Å². The molecule has 1 aromatic heterocycles. The molecule has 2 atom stereocenters. The number of aromatic amines is 1. The third-order valence-electron chi connectivity index (χ3n) is 9.23. The first-order chi connectivity index (χ1) is 18.0. The first-order valence-corrected chi connectivity index (χ1v) is 13.7. The Bertz CT molecular complexity index is 1240. The maximum Gasteiger partial charge on any atom is 0.251 e. The second kappa shape index (κ2) is 9.91. The number of anilines is 1. The van der Waals surface area contributed by atoms with Crippen molar-refractivity contribution in [2.75, 3.05) is 44.7 Å². The molecule has 0 amide bonds. The number of alkyl halides is 2. The second-order valence-electron chi connectivity index (χ2n) is 11.3. The molecule has 198 valence electrons. The Morgan fingerprint density at radius 3 is 2.54 bits per heavy atom. The van der Waals surface area contributed by atoms with Crippen molar-refractivity contribution in [2.45, 2.75) is 57.5 Å². The highest BCUT2D eigenvalue weighted by molar-refractivity contribution is 5.85. The van der Waals surface area contributed by atoms with E-state index in [9.17, 15) is 8.78 Å². The van der Waals surface area contributed by atoms with Crippen molar-refractivity contribution in [1.82, 2.24) is 15.2 Å². The van der Waals surface area contributed by atoms with E-state index in [1.54, 1.807) is 7.11 Å². The predicted molar refractivity (Wildman–Crippen MR) is 145 cm³/mol. The summed E-state index contributed by atoms with van der Waals surface area (Å²) in [5, 5.41) is 4.68. The van der Waals surface area contributed by atoms with Crippen LogP contribution in [0, 0.1) is 5.41 Å². The molecular formula is C30H38F2N4O. The van der Waals surface area contributed by atoms with E-state index in [0.29, 0.717) is 5.41 Å². The van der Waals surface area contributed by atoms with Crippen molar-refractivity contribution < 1.29 is 13.5 Å². The summed E-state index contributed by atoms with van der Waals surface area (Å²) in [5.41, 5.74) is 5.89. The Kier molecular flexibility index (Phi) is 6.61. The number of hydrogen-bond donors (Lipinski definition) is 2. The molecule has 3 aromatic rings. The summed E-state index contributed by atoms with van der Waals surface area (Å²) in [6.07, 6.45) is 3.33. The molecule has 2 aromatic carbocycles. The van der Waals surface area contributed by atoms with Gasteiger partial charge >= 0.3 is 0 Å². The van der Waals surface area contributed by atoms with Gasteiger partial charge in [0.15, 0.2) is 0 Å². The van der Waals surface area contributed by atoms with Gasteiger partial charge in [0.25, 0.3) is 6.43 Å². The van der Waals surface area contributed by atoms with Crippen LogP contribution in [0.15, 0.2) is 42.5 Å². The number of ether oxygens (including phenoxy) is 1. The van der Waals surface area contributed by atoms with Crippen LogP contribution in [0.4, 0.5) is 14.5 Å². The van der Waals surface area contributed by atoms with E-state index in [0.717, 1.165) is 60.8 Å². The van der Waals surface area contributed by atoms with E-state index < -0.39 is 6.43 Å². The molecule has 37 heavy (non-hydrogen) atoms.